The van der Waals surface area contributed by atoms with Gasteiger partial charge in [0.2, 0.25) is 11.8 Å². The number of carbonyl (C=O) groups excluding carboxylic acids is 2. The summed E-state index contributed by atoms with van der Waals surface area (Å²) in [7, 11) is 0. The van der Waals surface area contributed by atoms with E-state index < -0.39 is 36.5 Å². The summed E-state index contributed by atoms with van der Waals surface area (Å²) in [6.45, 7) is 1.99. The van der Waals surface area contributed by atoms with E-state index in [1.165, 1.54) is 6.07 Å². The number of nitrogens with zero attached hydrogens (tertiary/aromatic N) is 2. The molecule has 6 nitrogen and oxygen atoms in total. The summed E-state index contributed by atoms with van der Waals surface area (Å²) in [5, 5.41) is 10.9. The van der Waals surface area contributed by atoms with Crippen molar-refractivity contribution >= 4 is 11.8 Å². The van der Waals surface area contributed by atoms with Gasteiger partial charge in [0.15, 0.2) is 0 Å². The second-order valence-corrected chi connectivity index (χ2v) is 7.25. The molecule has 1 atom stereocenters. The molecule has 0 bridgehead atoms. The van der Waals surface area contributed by atoms with Crippen LogP contribution >= 0.6 is 0 Å². The van der Waals surface area contributed by atoms with Gasteiger partial charge >= 0.3 is 6.30 Å². The minimum absolute atomic E-state index is 0.0835. The summed E-state index contributed by atoms with van der Waals surface area (Å²) >= 11 is 0. The van der Waals surface area contributed by atoms with Gasteiger partial charge in [0.25, 0.3) is 0 Å². The van der Waals surface area contributed by atoms with Gasteiger partial charge < -0.3 is 5.32 Å². The highest BCUT2D eigenvalue weighted by molar-refractivity contribution is 5.83. The molecule has 2 N–H and O–H groups in total. The van der Waals surface area contributed by atoms with Gasteiger partial charge in [-0.25, -0.2) is 0 Å². The standard InChI is InChI=1S/C20H25F3N4O2/c1-14-7-9-15(10-8-14)13-25-19(29)18(16-5-3-2-4-6-16)27(20(21,22)23)26-17(28)11-12-24/h7-10,16,18H,2-6,11,13H2,1H3,(H,25,29)(H,26,28). The molecule has 2 rings (SSSR count). The van der Waals surface area contributed by atoms with Crippen molar-refractivity contribution in [2.24, 2.45) is 5.92 Å². The fourth-order valence-electron chi connectivity index (χ4n) is 3.53. The lowest BCUT2D eigenvalue weighted by Gasteiger charge is -2.38. The van der Waals surface area contributed by atoms with E-state index in [-0.39, 0.29) is 11.6 Å². The van der Waals surface area contributed by atoms with Crippen molar-refractivity contribution in [2.75, 3.05) is 0 Å². The van der Waals surface area contributed by atoms with E-state index >= 15 is 0 Å². The molecule has 1 saturated carbocycles. The predicted octanol–water partition coefficient (Wildman–Crippen LogP) is 3.33. The Morgan fingerprint density at radius 2 is 1.83 bits per heavy atom. The van der Waals surface area contributed by atoms with Crippen LogP contribution in [0.25, 0.3) is 0 Å². The van der Waals surface area contributed by atoms with Gasteiger partial charge in [0.05, 0.1) is 6.07 Å². The van der Waals surface area contributed by atoms with E-state index in [1.54, 1.807) is 17.6 Å². The summed E-state index contributed by atoms with van der Waals surface area (Å²) in [5.74, 6) is -2.45. The van der Waals surface area contributed by atoms with Gasteiger partial charge in [-0.2, -0.15) is 18.4 Å². The van der Waals surface area contributed by atoms with Crippen LogP contribution in [0.2, 0.25) is 0 Å². The molecule has 1 aromatic carbocycles. The number of carbonyl (C=O) groups is 2. The van der Waals surface area contributed by atoms with Crippen molar-refractivity contribution in [1.82, 2.24) is 15.8 Å². The SMILES string of the molecule is Cc1ccc(CNC(=O)C(C2CCCCC2)N(NC(=O)CC#N)C(F)(F)F)cc1. The van der Waals surface area contributed by atoms with Crippen molar-refractivity contribution in [1.29, 1.82) is 5.26 Å². The van der Waals surface area contributed by atoms with E-state index in [4.69, 9.17) is 5.26 Å². The zero-order valence-electron chi connectivity index (χ0n) is 16.3. The Kier molecular flexibility index (Phi) is 8.02. The molecule has 0 aromatic heterocycles. The lowest BCUT2D eigenvalue weighted by Crippen LogP contribution is -2.62. The molecule has 9 heteroatoms. The highest BCUT2D eigenvalue weighted by Gasteiger charge is 2.49. The number of nitrogens with one attached hydrogen (secondary N) is 2. The second kappa shape index (κ2) is 10.3. The zero-order chi connectivity index (χ0) is 21.4. The lowest BCUT2D eigenvalue weighted by atomic mass is 9.83. The Balaban J connectivity index is 2.22. The fraction of sp³-hybridized carbons (Fsp3) is 0.550. The minimum Gasteiger partial charge on any atom is -0.351 e. The van der Waals surface area contributed by atoms with Crippen molar-refractivity contribution in [3.63, 3.8) is 0 Å². The third-order valence-electron chi connectivity index (χ3n) is 4.99. The van der Waals surface area contributed by atoms with E-state index in [0.29, 0.717) is 12.8 Å². The first kappa shape index (κ1) is 22.7. The molecule has 1 aliphatic rings. The van der Waals surface area contributed by atoms with Gasteiger partial charge in [-0.15, -0.1) is 5.01 Å². The first-order valence-corrected chi connectivity index (χ1v) is 9.58. The largest absolute Gasteiger partial charge is 0.478 e. The summed E-state index contributed by atoms with van der Waals surface area (Å²) in [6.07, 6.45) is -2.41. The van der Waals surface area contributed by atoms with E-state index in [9.17, 15) is 22.8 Å². The van der Waals surface area contributed by atoms with Crippen molar-refractivity contribution in [2.45, 2.75) is 64.3 Å². The third kappa shape index (κ3) is 6.75. The molecule has 1 fully saturated rings. The highest BCUT2D eigenvalue weighted by Crippen LogP contribution is 2.33. The maximum atomic E-state index is 13.7. The number of hydrogen-bond acceptors (Lipinski definition) is 4. The van der Waals surface area contributed by atoms with Gasteiger partial charge in [0.1, 0.15) is 12.5 Å². The van der Waals surface area contributed by atoms with Gasteiger partial charge in [-0.05, 0) is 31.2 Å². The number of hydrogen-bond donors (Lipinski definition) is 2. The molecule has 0 heterocycles. The molecule has 1 aromatic rings. The maximum Gasteiger partial charge on any atom is 0.478 e. The predicted molar refractivity (Wildman–Crippen MR) is 99.7 cm³/mol. The first-order chi connectivity index (χ1) is 13.7. The molecule has 1 unspecified atom stereocenters. The van der Waals surface area contributed by atoms with Crippen LogP contribution in [0.1, 0.15) is 49.7 Å². The van der Waals surface area contributed by atoms with Crippen LogP contribution in [-0.2, 0) is 16.1 Å². The van der Waals surface area contributed by atoms with Crippen molar-refractivity contribution in [3.05, 3.63) is 35.4 Å². The Bertz CT molecular complexity index is 738. The molecule has 0 aliphatic heterocycles. The monoisotopic (exact) mass is 410 g/mol. The molecule has 158 valence electrons. The summed E-state index contributed by atoms with van der Waals surface area (Å²) in [5.41, 5.74) is 3.52. The normalized spacial score (nSPS) is 16.1. The summed E-state index contributed by atoms with van der Waals surface area (Å²) in [6, 6.07) is 7.21. The number of nitriles is 1. The summed E-state index contributed by atoms with van der Waals surface area (Å²) in [4.78, 5) is 24.6. The first-order valence-electron chi connectivity index (χ1n) is 9.58. The molecule has 29 heavy (non-hydrogen) atoms. The van der Waals surface area contributed by atoms with Crippen LogP contribution in [0.15, 0.2) is 24.3 Å². The number of halogens is 3. The van der Waals surface area contributed by atoms with Crippen LogP contribution < -0.4 is 10.7 Å². The minimum atomic E-state index is -4.96. The number of alkyl halides is 3. The smallest absolute Gasteiger partial charge is 0.351 e. The lowest BCUT2D eigenvalue weighted by molar-refractivity contribution is -0.278. The van der Waals surface area contributed by atoms with Crippen LogP contribution in [0.4, 0.5) is 13.2 Å². The fourth-order valence-corrected chi connectivity index (χ4v) is 3.53. The number of hydrazine groups is 1. The average molecular weight is 410 g/mol. The summed E-state index contributed by atoms with van der Waals surface area (Å²) < 4.78 is 41.2. The number of amides is 2. The van der Waals surface area contributed by atoms with Gasteiger partial charge in [0, 0.05) is 6.54 Å². The average Bonchev–Trinajstić information content (AvgIpc) is 2.67. The molecule has 1 aliphatic carbocycles. The van der Waals surface area contributed by atoms with Crippen LogP contribution in [0.3, 0.4) is 0 Å². The molecule has 0 radical (unpaired) electrons. The second-order valence-electron chi connectivity index (χ2n) is 7.25. The Morgan fingerprint density at radius 3 is 2.38 bits per heavy atom. The highest BCUT2D eigenvalue weighted by atomic mass is 19.4. The Hall–Kier alpha value is -2.60. The van der Waals surface area contributed by atoms with Gasteiger partial charge in [-0.3, -0.25) is 15.0 Å². The quantitative estimate of drug-likeness (QED) is 0.533. The number of benzene rings is 1. The van der Waals surface area contributed by atoms with Crippen LogP contribution in [-0.4, -0.2) is 29.2 Å². The van der Waals surface area contributed by atoms with E-state index in [1.807, 2.05) is 19.1 Å². The van der Waals surface area contributed by atoms with Crippen molar-refractivity contribution in [3.8, 4) is 6.07 Å². The Morgan fingerprint density at radius 1 is 1.21 bits per heavy atom. The molecular weight excluding hydrogens is 385 g/mol. The Labute approximate surface area is 168 Å². The number of rotatable bonds is 7. The molecule has 0 saturated heterocycles. The van der Waals surface area contributed by atoms with E-state index in [2.05, 4.69) is 5.32 Å². The van der Waals surface area contributed by atoms with Crippen molar-refractivity contribution < 1.29 is 22.8 Å². The topological polar surface area (TPSA) is 85.2 Å². The third-order valence-corrected chi connectivity index (χ3v) is 4.99. The maximum absolute atomic E-state index is 13.7. The molecular formula is C20H25F3N4O2. The number of aryl methyl sites for hydroxylation is 1. The van der Waals surface area contributed by atoms with Gasteiger partial charge in [-0.1, -0.05) is 49.1 Å². The molecule has 0 spiro atoms. The van der Waals surface area contributed by atoms with Crippen LogP contribution in [0.5, 0.6) is 0 Å². The zero-order valence-corrected chi connectivity index (χ0v) is 16.3. The van der Waals surface area contributed by atoms with Crippen LogP contribution in [0, 0.1) is 24.2 Å². The molecule has 2 amide bonds. The van der Waals surface area contributed by atoms with E-state index in [0.717, 1.165) is 30.4 Å².